The van der Waals surface area contributed by atoms with Gasteiger partial charge in [-0.1, -0.05) is 59.3 Å². The zero-order valence-corrected chi connectivity index (χ0v) is 25.4. The number of rotatable bonds is 7. The van der Waals surface area contributed by atoms with Gasteiger partial charge in [0, 0.05) is 44.7 Å². The number of hydrogen-bond acceptors (Lipinski definition) is 8. The monoisotopic (exact) mass is 594 g/mol. The van der Waals surface area contributed by atoms with Gasteiger partial charge in [0.2, 0.25) is 17.9 Å². The number of benzene rings is 3. The van der Waals surface area contributed by atoms with Crippen molar-refractivity contribution in [1.82, 2.24) is 29.5 Å². The molecule has 2 aliphatic heterocycles. The highest BCUT2D eigenvalue weighted by Crippen LogP contribution is 2.33. The van der Waals surface area contributed by atoms with Crippen molar-refractivity contribution in [2.45, 2.75) is 44.3 Å². The fraction of sp³-hybridized carbons (Fsp3) is 0.333. The number of aromatic nitrogens is 4. The number of thioether (sulfide) groups is 1. The van der Waals surface area contributed by atoms with Crippen molar-refractivity contribution in [3.63, 3.8) is 0 Å². The number of carbonyl (C=O) groups excluding carboxylic acids is 1. The fourth-order valence-electron chi connectivity index (χ4n) is 5.83. The number of amides is 1. The largest absolute Gasteiger partial charge is 0.454 e. The van der Waals surface area contributed by atoms with Crippen molar-refractivity contribution >= 4 is 39.7 Å². The van der Waals surface area contributed by atoms with E-state index in [4.69, 9.17) is 14.5 Å². The zero-order chi connectivity index (χ0) is 29.5. The van der Waals surface area contributed by atoms with Crippen LogP contribution in [0, 0.1) is 13.8 Å². The number of hydrogen-bond donors (Lipinski definition) is 0. The van der Waals surface area contributed by atoms with Crippen molar-refractivity contribution < 1.29 is 14.3 Å². The smallest absolute Gasteiger partial charge is 0.235 e. The van der Waals surface area contributed by atoms with Crippen LogP contribution in [0.25, 0.3) is 22.1 Å². The second-order valence-electron chi connectivity index (χ2n) is 11.4. The van der Waals surface area contributed by atoms with E-state index in [1.807, 2.05) is 24.0 Å². The summed E-state index contributed by atoms with van der Waals surface area (Å²) in [5.74, 6) is 1.71. The van der Waals surface area contributed by atoms with Gasteiger partial charge in [-0.05, 0) is 56.2 Å². The Morgan fingerprint density at radius 3 is 2.42 bits per heavy atom. The van der Waals surface area contributed by atoms with Crippen LogP contribution in [0.2, 0.25) is 0 Å². The molecule has 220 valence electrons. The van der Waals surface area contributed by atoms with E-state index in [2.05, 4.69) is 82.0 Å². The van der Waals surface area contributed by atoms with Crippen LogP contribution in [-0.2, 0) is 17.9 Å². The number of ether oxygens (including phenoxy) is 2. The van der Waals surface area contributed by atoms with E-state index >= 15 is 0 Å². The molecule has 4 heterocycles. The molecule has 1 fully saturated rings. The summed E-state index contributed by atoms with van der Waals surface area (Å²) in [6.45, 7) is 10.9. The molecule has 1 amide bonds. The molecule has 0 aliphatic carbocycles. The summed E-state index contributed by atoms with van der Waals surface area (Å²) in [7, 11) is 0. The van der Waals surface area contributed by atoms with Crippen molar-refractivity contribution in [3.8, 4) is 11.5 Å². The third kappa shape index (κ3) is 5.64. The van der Waals surface area contributed by atoms with E-state index in [-0.39, 0.29) is 18.0 Å². The lowest BCUT2D eigenvalue weighted by Crippen LogP contribution is -2.50. The van der Waals surface area contributed by atoms with Gasteiger partial charge in [0.1, 0.15) is 5.52 Å². The molecule has 1 atom stereocenters. The highest BCUT2D eigenvalue weighted by molar-refractivity contribution is 8.00. The van der Waals surface area contributed by atoms with E-state index in [0.717, 1.165) is 58.8 Å². The quantitative estimate of drug-likeness (QED) is 0.238. The molecule has 10 heteroatoms. The van der Waals surface area contributed by atoms with Crippen LogP contribution in [0.4, 0.5) is 0 Å². The minimum atomic E-state index is -0.322. The molecule has 1 unspecified atom stereocenters. The molecule has 7 rings (SSSR count). The molecule has 43 heavy (non-hydrogen) atoms. The SMILES string of the molecule is Cc1ccc(Cn2c3ccc(C)cc3c3nnc(SC(C)C(=O)N4CCN(Cc5ccc6c(c5)OCO6)CC4)nc32)cc1. The van der Waals surface area contributed by atoms with Gasteiger partial charge in [-0.3, -0.25) is 9.69 Å². The molecule has 9 nitrogen and oxygen atoms in total. The lowest BCUT2D eigenvalue weighted by atomic mass is 10.1. The maximum Gasteiger partial charge on any atom is 0.235 e. The zero-order valence-electron chi connectivity index (χ0n) is 24.6. The van der Waals surface area contributed by atoms with E-state index in [0.29, 0.717) is 24.8 Å². The Morgan fingerprint density at radius 1 is 0.860 bits per heavy atom. The van der Waals surface area contributed by atoms with E-state index in [1.54, 1.807) is 0 Å². The summed E-state index contributed by atoms with van der Waals surface area (Å²) in [4.78, 5) is 22.7. The van der Waals surface area contributed by atoms with Gasteiger partial charge in [0.05, 0.1) is 10.8 Å². The molecule has 0 spiro atoms. The minimum absolute atomic E-state index is 0.104. The number of piperazine rings is 1. The first-order chi connectivity index (χ1) is 20.9. The first-order valence-electron chi connectivity index (χ1n) is 14.7. The third-order valence-corrected chi connectivity index (χ3v) is 9.16. The molecule has 1 saturated heterocycles. The van der Waals surface area contributed by atoms with E-state index in [9.17, 15) is 4.79 Å². The van der Waals surface area contributed by atoms with Crippen molar-refractivity contribution in [2.24, 2.45) is 0 Å². The van der Waals surface area contributed by atoms with Gasteiger partial charge >= 0.3 is 0 Å². The first kappa shape index (κ1) is 27.7. The van der Waals surface area contributed by atoms with E-state index < -0.39 is 0 Å². The average molecular weight is 595 g/mol. The lowest BCUT2D eigenvalue weighted by Gasteiger charge is -2.35. The Kier molecular flexibility index (Phi) is 7.40. The summed E-state index contributed by atoms with van der Waals surface area (Å²) in [5, 5.41) is 10.3. The second kappa shape index (κ2) is 11.5. The molecule has 3 aromatic carbocycles. The minimum Gasteiger partial charge on any atom is -0.454 e. The molecular formula is C33H34N6O3S. The third-order valence-electron chi connectivity index (χ3n) is 8.22. The van der Waals surface area contributed by atoms with Crippen molar-refractivity contribution in [3.05, 3.63) is 82.9 Å². The fourth-order valence-corrected chi connectivity index (χ4v) is 6.62. The number of fused-ring (bicyclic) bond motifs is 4. The van der Waals surface area contributed by atoms with Gasteiger partial charge in [0.25, 0.3) is 0 Å². The molecule has 0 saturated carbocycles. The summed E-state index contributed by atoms with van der Waals surface area (Å²) in [6.07, 6.45) is 0. The van der Waals surface area contributed by atoms with Gasteiger partial charge in [-0.2, -0.15) is 0 Å². The maximum absolute atomic E-state index is 13.4. The van der Waals surface area contributed by atoms with Crippen LogP contribution in [0.15, 0.2) is 65.8 Å². The molecule has 0 N–H and O–H groups in total. The molecule has 2 aromatic heterocycles. The van der Waals surface area contributed by atoms with Crippen LogP contribution in [0.5, 0.6) is 11.5 Å². The Balaban J connectivity index is 1.04. The number of aryl methyl sites for hydroxylation is 2. The van der Waals surface area contributed by atoms with Crippen LogP contribution in [0.3, 0.4) is 0 Å². The number of carbonyl (C=O) groups is 1. The highest BCUT2D eigenvalue weighted by atomic mass is 32.2. The summed E-state index contributed by atoms with van der Waals surface area (Å²) >= 11 is 1.38. The predicted octanol–water partition coefficient (Wildman–Crippen LogP) is 5.20. The Labute approximate surface area is 254 Å². The van der Waals surface area contributed by atoms with Gasteiger partial charge in [-0.25, -0.2) is 4.98 Å². The maximum atomic E-state index is 13.4. The summed E-state index contributed by atoms with van der Waals surface area (Å²) in [5.41, 5.74) is 7.42. The molecular weight excluding hydrogens is 560 g/mol. The Morgan fingerprint density at radius 2 is 1.60 bits per heavy atom. The molecule has 2 aliphatic rings. The van der Waals surface area contributed by atoms with Gasteiger partial charge in [-0.15, -0.1) is 10.2 Å². The normalized spacial score (nSPS) is 15.8. The topological polar surface area (TPSA) is 85.6 Å². The van der Waals surface area contributed by atoms with Crippen LogP contribution in [0.1, 0.15) is 29.2 Å². The summed E-state index contributed by atoms with van der Waals surface area (Å²) in [6, 6.07) is 21.1. The van der Waals surface area contributed by atoms with Crippen molar-refractivity contribution in [2.75, 3.05) is 33.0 Å². The predicted molar refractivity (Wildman–Crippen MR) is 168 cm³/mol. The Bertz CT molecular complexity index is 1810. The van der Waals surface area contributed by atoms with E-state index in [1.165, 1.54) is 28.5 Å². The Hall–Kier alpha value is -4.15. The van der Waals surface area contributed by atoms with Crippen molar-refractivity contribution in [1.29, 1.82) is 0 Å². The first-order valence-corrected chi connectivity index (χ1v) is 15.5. The van der Waals surface area contributed by atoms with Crippen LogP contribution in [-0.4, -0.2) is 73.7 Å². The molecule has 0 bridgehead atoms. The van der Waals surface area contributed by atoms with Gasteiger partial charge < -0.3 is 18.9 Å². The highest BCUT2D eigenvalue weighted by Gasteiger charge is 2.27. The number of nitrogens with zero attached hydrogens (tertiary/aromatic N) is 6. The molecule has 0 radical (unpaired) electrons. The second-order valence-corrected chi connectivity index (χ2v) is 12.7. The summed E-state index contributed by atoms with van der Waals surface area (Å²) < 4.78 is 13.2. The van der Waals surface area contributed by atoms with Crippen LogP contribution >= 0.6 is 11.8 Å². The standard InChI is InChI=1S/C33H34N6O3S/c1-21-4-7-24(8-5-21)19-39-27-10-6-22(2)16-26(27)30-31(39)34-33(36-35-30)43-23(3)32(40)38-14-12-37(13-15-38)18-25-9-11-28-29(17-25)42-20-41-28/h4-11,16-17,23H,12-15,18-20H2,1-3H3. The molecule has 5 aromatic rings. The lowest BCUT2D eigenvalue weighted by molar-refractivity contribution is -0.132. The average Bonchev–Trinajstić information content (AvgIpc) is 3.60. The van der Waals surface area contributed by atoms with Gasteiger partial charge in [0.15, 0.2) is 17.1 Å². The van der Waals surface area contributed by atoms with Crippen LogP contribution < -0.4 is 9.47 Å².